The molecule has 5 nitrogen and oxygen atoms in total. The lowest BCUT2D eigenvalue weighted by Crippen LogP contribution is -2.14. The first-order valence-corrected chi connectivity index (χ1v) is 8.29. The number of imidazole rings is 1. The van der Waals surface area contributed by atoms with Crippen molar-refractivity contribution in [3.63, 3.8) is 0 Å². The molecule has 0 saturated heterocycles. The lowest BCUT2D eigenvalue weighted by molar-refractivity contribution is 0.526. The van der Waals surface area contributed by atoms with Crippen molar-refractivity contribution in [3.05, 3.63) is 11.9 Å². The van der Waals surface area contributed by atoms with Crippen molar-refractivity contribution in [3.8, 4) is 0 Å². The standard InChI is InChI=1S/C12H23N3O2S/c1-10(2)8-15-9-11(3)14-12(15)13-6-5-7-18(4,16)17/h9-10H,5-8H2,1-4H3,(H,13,14). The summed E-state index contributed by atoms with van der Waals surface area (Å²) in [5.74, 6) is 1.59. The van der Waals surface area contributed by atoms with Crippen LogP contribution in [0.5, 0.6) is 0 Å². The van der Waals surface area contributed by atoms with Crippen LogP contribution in [-0.2, 0) is 16.4 Å². The largest absolute Gasteiger partial charge is 0.356 e. The van der Waals surface area contributed by atoms with Crippen LogP contribution in [0.2, 0.25) is 0 Å². The number of nitrogens with one attached hydrogen (secondary N) is 1. The number of hydrogen-bond acceptors (Lipinski definition) is 4. The van der Waals surface area contributed by atoms with Gasteiger partial charge in [0.2, 0.25) is 5.95 Å². The van der Waals surface area contributed by atoms with E-state index in [-0.39, 0.29) is 5.75 Å². The van der Waals surface area contributed by atoms with Gasteiger partial charge in [0.15, 0.2) is 0 Å². The molecule has 0 bridgehead atoms. The Kier molecular flexibility index (Phi) is 5.19. The molecule has 0 aliphatic rings. The molecule has 0 aromatic carbocycles. The fraction of sp³-hybridized carbons (Fsp3) is 0.750. The minimum absolute atomic E-state index is 0.212. The summed E-state index contributed by atoms with van der Waals surface area (Å²) in [6.45, 7) is 7.81. The van der Waals surface area contributed by atoms with Gasteiger partial charge in [0.05, 0.1) is 11.4 Å². The molecule has 0 amide bonds. The Morgan fingerprint density at radius 2 is 2.11 bits per heavy atom. The molecule has 104 valence electrons. The van der Waals surface area contributed by atoms with Crippen LogP contribution in [0, 0.1) is 12.8 Å². The molecular formula is C12H23N3O2S. The van der Waals surface area contributed by atoms with Crippen molar-refractivity contribution in [2.75, 3.05) is 23.9 Å². The Morgan fingerprint density at radius 1 is 1.44 bits per heavy atom. The fourth-order valence-electron chi connectivity index (χ4n) is 1.75. The quantitative estimate of drug-likeness (QED) is 0.768. The summed E-state index contributed by atoms with van der Waals surface area (Å²) in [7, 11) is -2.87. The molecule has 1 aromatic rings. The average Bonchev–Trinajstić information content (AvgIpc) is 2.51. The minimum atomic E-state index is -2.87. The molecule has 1 N–H and O–H groups in total. The van der Waals surface area contributed by atoms with Gasteiger partial charge in [-0.15, -0.1) is 0 Å². The van der Waals surface area contributed by atoms with Crippen molar-refractivity contribution in [1.29, 1.82) is 0 Å². The Labute approximate surface area is 110 Å². The van der Waals surface area contributed by atoms with Gasteiger partial charge in [0.1, 0.15) is 9.84 Å². The van der Waals surface area contributed by atoms with Crippen LogP contribution in [0.25, 0.3) is 0 Å². The highest BCUT2D eigenvalue weighted by molar-refractivity contribution is 7.90. The Bertz CT molecular complexity index is 478. The zero-order valence-corrected chi connectivity index (χ0v) is 12.4. The highest BCUT2D eigenvalue weighted by atomic mass is 32.2. The van der Waals surface area contributed by atoms with Gasteiger partial charge < -0.3 is 9.88 Å². The summed E-state index contributed by atoms with van der Waals surface area (Å²) in [6.07, 6.45) is 3.88. The van der Waals surface area contributed by atoms with E-state index >= 15 is 0 Å². The van der Waals surface area contributed by atoms with E-state index in [0.29, 0.717) is 18.9 Å². The van der Waals surface area contributed by atoms with E-state index in [4.69, 9.17) is 0 Å². The van der Waals surface area contributed by atoms with Crippen LogP contribution in [0.15, 0.2) is 6.20 Å². The number of aromatic nitrogens is 2. The van der Waals surface area contributed by atoms with Gasteiger partial charge in [-0.05, 0) is 19.3 Å². The smallest absolute Gasteiger partial charge is 0.203 e. The molecule has 0 atom stereocenters. The molecular weight excluding hydrogens is 250 g/mol. The molecule has 0 radical (unpaired) electrons. The molecule has 18 heavy (non-hydrogen) atoms. The van der Waals surface area contributed by atoms with Gasteiger partial charge in [-0.2, -0.15) is 0 Å². The molecule has 0 unspecified atom stereocenters. The zero-order valence-electron chi connectivity index (χ0n) is 11.6. The minimum Gasteiger partial charge on any atom is -0.356 e. The second-order valence-corrected chi connectivity index (χ2v) is 7.42. The van der Waals surface area contributed by atoms with Crippen LogP contribution in [0.4, 0.5) is 5.95 Å². The third kappa shape index (κ3) is 5.53. The van der Waals surface area contributed by atoms with Gasteiger partial charge >= 0.3 is 0 Å². The second kappa shape index (κ2) is 6.22. The second-order valence-electron chi connectivity index (χ2n) is 5.16. The van der Waals surface area contributed by atoms with E-state index in [0.717, 1.165) is 18.2 Å². The van der Waals surface area contributed by atoms with E-state index in [2.05, 4.69) is 28.7 Å². The van der Waals surface area contributed by atoms with E-state index in [1.807, 2.05) is 13.1 Å². The molecule has 0 spiro atoms. The SMILES string of the molecule is Cc1cn(CC(C)C)c(NCCCS(C)(=O)=O)n1. The van der Waals surface area contributed by atoms with Crippen LogP contribution in [-0.4, -0.2) is 36.5 Å². The predicted octanol–water partition coefficient (Wildman–Crippen LogP) is 1.69. The van der Waals surface area contributed by atoms with Gasteiger partial charge in [-0.1, -0.05) is 13.8 Å². The maximum Gasteiger partial charge on any atom is 0.203 e. The van der Waals surface area contributed by atoms with Crippen molar-refractivity contribution < 1.29 is 8.42 Å². The summed E-state index contributed by atoms with van der Waals surface area (Å²) in [6, 6.07) is 0. The number of nitrogens with zero attached hydrogens (tertiary/aromatic N) is 2. The molecule has 0 saturated carbocycles. The summed E-state index contributed by atoms with van der Waals surface area (Å²) >= 11 is 0. The van der Waals surface area contributed by atoms with Crippen molar-refractivity contribution in [2.24, 2.45) is 5.92 Å². The highest BCUT2D eigenvalue weighted by Gasteiger charge is 2.07. The number of hydrogen-bond donors (Lipinski definition) is 1. The van der Waals surface area contributed by atoms with Crippen LogP contribution >= 0.6 is 0 Å². The fourth-order valence-corrected chi connectivity index (χ4v) is 2.42. The third-order valence-electron chi connectivity index (χ3n) is 2.43. The lowest BCUT2D eigenvalue weighted by atomic mass is 10.2. The maximum atomic E-state index is 11.0. The molecule has 1 rings (SSSR count). The Hall–Kier alpha value is -1.04. The normalized spacial score (nSPS) is 12.1. The molecule has 1 aromatic heterocycles. The van der Waals surface area contributed by atoms with Crippen molar-refractivity contribution in [2.45, 2.75) is 33.7 Å². The number of sulfone groups is 1. The predicted molar refractivity (Wildman–Crippen MR) is 74.6 cm³/mol. The average molecular weight is 273 g/mol. The van der Waals surface area contributed by atoms with Crippen molar-refractivity contribution in [1.82, 2.24) is 9.55 Å². The topological polar surface area (TPSA) is 64.0 Å². The number of anilines is 1. The lowest BCUT2D eigenvalue weighted by Gasteiger charge is -2.11. The molecule has 0 aliphatic carbocycles. The molecule has 0 aliphatic heterocycles. The van der Waals surface area contributed by atoms with Crippen LogP contribution in [0.3, 0.4) is 0 Å². The maximum absolute atomic E-state index is 11.0. The van der Waals surface area contributed by atoms with Crippen LogP contribution < -0.4 is 5.32 Å². The number of rotatable bonds is 7. The van der Waals surface area contributed by atoms with Crippen LogP contribution in [0.1, 0.15) is 26.0 Å². The monoisotopic (exact) mass is 273 g/mol. The summed E-state index contributed by atoms with van der Waals surface area (Å²) in [5.41, 5.74) is 0.973. The van der Waals surface area contributed by atoms with Gasteiger partial charge in [0, 0.05) is 25.5 Å². The van der Waals surface area contributed by atoms with E-state index < -0.39 is 9.84 Å². The van der Waals surface area contributed by atoms with E-state index in [1.165, 1.54) is 6.26 Å². The number of aryl methyl sites for hydroxylation is 1. The molecule has 6 heteroatoms. The molecule has 1 heterocycles. The first-order chi connectivity index (χ1) is 8.28. The first-order valence-electron chi connectivity index (χ1n) is 6.23. The summed E-state index contributed by atoms with van der Waals surface area (Å²) in [4.78, 5) is 4.40. The summed E-state index contributed by atoms with van der Waals surface area (Å²) in [5, 5.41) is 3.20. The van der Waals surface area contributed by atoms with E-state index in [9.17, 15) is 8.42 Å². The van der Waals surface area contributed by atoms with E-state index in [1.54, 1.807) is 0 Å². The molecule has 0 fully saturated rings. The Balaban J connectivity index is 2.51. The van der Waals surface area contributed by atoms with Gasteiger partial charge in [-0.25, -0.2) is 13.4 Å². The Morgan fingerprint density at radius 3 is 2.67 bits per heavy atom. The van der Waals surface area contributed by atoms with Gasteiger partial charge in [-0.3, -0.25) is 0 Å². The van der Waals surface area contributed by atoms with Gasteiger partial charge in [0.25, 0.3) is 0 Å². The summed E-state index contributed by atoms with van der Waals surface area (Å²) < 4.78 is 24.1. The highest BCUT2D eigenvalue weighted by Crippen LogP contribution is 2.11. The zero-order chi connectivity index (χ0) is 13.8. The first kappa shape index (κ1) is 15.0. The third-order valence-corrected chi connectivity index (χ3v) is 3.46. The van der Waals surface area contributed by atoms with Crippen molar-refractivity contribution >= 4 is 15.8 Å².